The standard InChI is InChI=1S/C23H36N4O2/c1-3-24-23(25-16-18-9-8-12-21(15-18)29-4-2)26-20-13-14-27(17-20)22(28)19-10-6-5-7-11-19/h8-9,12,15,19-20H,3-7,10-11,13-14,16-17H2,1-2H3,(H2,24,25,26). The average molecular weight is 401 g/mol. The van der Waals surface area contributed by atoms with Crippen molar-refractivity contribution in [3.63, 3.8) is 0 Å². The van der Waals surface area contributed by atoms with Gasteiger partial charge in [0.05, 0.1) is 13.2 Å². The number of hydrogen-bond donors (Lipinski definition) is 2. The number of carbonyl (C=O) groups is 1. The fourth-order valence-corrected chi connectivity index (χ4v) is 4.27. The number of amides is 1. The SMILES string of the molecule is CCNC(=NCc1cccc(OCC)c1)NC1CCN(C(=O)C2CCCCC2)C1. The molecule has 2 fully saturated rings. The second-order valence-corrected chi connectivity index (χ2v) is 8.02. The van der Waals surface area contributed by atoms with Crippen molar-refractivity contribution >= 4 is 11.9 Å². The predicted octanol–water partition coefficient (Wildman–Crippen LogP) is 3.32. The van der Waals surface area contributed by atoms with Crippen molar-refractivity contribution in [2.24, 2.45) is 10.9 Å². The Morgan fingerprint density at radius 1 is 1.21 bits per heavy atom. The molecular formula is C23H36N4O2. The van der Waals surface area contributed by atoms with E-state index in [4.69, 9.17) is 9.73 Å². The molecule has 1 aliphatic heterocycles. The van der Waals surface area contributed by atoms with Crippen LogP contribution in [0.1, 0.15) is 57.9 Å². The lowest BCUT2D eigenvalue weighted by molar-refractivity contribution is -0.135. The second kappa shape index (κ2) is 11.1. The molecule has 1 saturated heterocycles. The number of nitrogens with one attached hydrogen (secondary N) is 2. The lowest BCUT2D eigenvalue weighted by Crippen LogP contribution is -2.45. The topological polar surface area (TPSA) is 66.0 Å². The Bertz CT molecular complexity index is 685. The Labute approximate surface area is 175 Å². The number of ether oxygens (including phenoxy) is 1. The quantitative estimate of drug-likeness (QED) is 0.544. The molecule has 2 N–H and O–H groups in total. The molecule has 1 saturated carbocycles. The zero-order valence-electron chi connectivity index (χ0n) is 18.0. The van der Waals surface area contributed by atoms with Crippen LogP contribution in [0.2, 0.25) is 0 Å². The van der Waals surface area contributed by atoms with Crippen molar-refractivity contribution in [3.05, 3.63) is 29.8 Å². The molecule has 6 nitrogen and oxygen atoms in total. The van der Waals surface area contributed by atoms with Crippen molar-refractivity contribution in [3.8, 4) is 5.75 Å². The summed E-state index contributed by atoms with van der Waals surface area (Å²) in [5, 5.41) is 6.86. The smallest absolute Gasteiger partial charge is 0.225 e. The van der Waals surface area contributed by atoms with E-state index in [2.05, 4.69) is 28.5 Å². The van der Waals surface area contributed by atoms with Gasteiger partial charge in [0.2, 0.25) is 5.91 Å². The van der Waals surface area contributed by atoms with Gasteiger partial charge in [-0.1, -0.05) is 31.4 Å². The summed E-state index contributed by atoms with van der Waals surface area (Å²) in [4.78, 5) is 19.6. The lowest BCUT2D eigenvalue weighted by Gasteiger charge is -2.26. The van der Waals surface area contributed by atoms with E-state index in [-0.39, 0.29) is 12.0 Å². The first-order chi connectivity index (χ1) is 14.2. The minimum Gasteiger partial charge on any atom is -0.494 e. The Kier molecular flexibility index (Phi) is 8.20. The Morgan fingerprint density at radius 2 is 2.03 bits per heavy atom. The predicted molar refractivity (Wildman–Crippen MR) is 117 cm³/mol. The highest BCUT2D eigenvalue weighted by Gasteiger charge is 2.31. The lowest BCUT2D eigenvalue weighted by atomic mass is 9.88. The molecule has 160 valence electrons. The van der Waals surface area contributed by atoms with Crippen LogP contribution in [0.3, 0.4) is 0 Å². The number of likely N-dealkylation sites (tertiary alicyclic amines) is 1. The van der Waals surface area contributed by atoms with Crippen LogP contribution in [-0.4, -0.2) is 49.0 Å². The molecular weight excluding hydrogens is 364 g/mol. The molecule has 0 radical (unpaired) electrons. The van der Waals surface area contributed by atoms with Gasteiger partial charge in [0.25, 0.3) is 0 Å². The van der Waals surface area contributed by atoms with Gasteiger partial charge in [-0.2, -0.15) is 0 Å². The zero-order valence-corrected chi connectivity index (χ0v) is 18.0. The van der Waals surface area contributed by atoms with Gasteiger partial charge < -0.3 is 20.3 Å². The number of aliphatic imine (C=N–C) groups is 1. The minimum absolute atomic E-state index is 0.252. The highest BCUT2D eigenvalue weighted by atomic mass is 16.5. The zero-order chi connectivity index (χ0) is 20.5. The van der Waals surface area contributed by atoms with Gasteiger partial charge >= 0.3 is 0 Å². The van der Waals surface area contributed by atoms with Crippen molar-refractivity contribution in [2.75, 3.05) is 26.2 Å². The van der Waals surface area contributed by atoms with Crippen LogP contribution in [0, 0.1) is 5.92 Å². The highest BCUT2D eigenvalue weighted by Crippen LogP contribution is 2.26. The van der Waals surface area contributed by atoms with Crippen LogP contribution >= 0.6 is 0 Å². The van der Waals surface area contributed by atoms with Gasteiger partial charge in [0, 0.05) is 31.6 Å². The van der Waals surface area contributed by atoms with E-state index in [1.165, 1.54) is 19.3 Å². The molecule has 1 atom stereocenters. The molecule has 1 amide bonds. The van der Waals surface area contributed by atoms with Crippen LogP contribution in [0.25, 0.3) is 0 Å². The van der Waals surface area contributed by atoms with Gasteiger partial charge in [-0.15, -0.1) is 0 Å². The van der Waals surface area contributed by atoms with E-state index in [9.17, 15) is 4.79 Å². The summed E-state index contributed by atoms with van der Waals surface area (Å²) >= 11 is 0. The maximum atomic E-state index is 12.8. The molecule has 1 heterocycles. The number of nitrogens with zero attached hydrogens (tertiary/aromatic N) is 2. The van der Waals surface area contributed by atoms with Gasteiger partial charge in [0.1, 0.15) is 5.75 Å². The number of benzene rings is 1. The molecule has 6 heteroatoms. The average Bonchev–Trinajstić information content (AvgIpc) is 3.21. The molecule has 1 aromatic carbocycles. The van der Waals surface area contributed by atoms with Crippen LogP contribution in [-0.2, 0) is 11.3 Å². The third-order valence-corrected chi connectivity index (χ3v) is 5.77. The first kappa shape index (κ1) is 21.5. The summed E-state index contributed by atoms with van der Waals surface area (Å²) in [5.41, 5.74) is 1.12. The third-order valence-electron chi connectivity index (χ3n) is 5.77. The molecule has 0 spiro atoms. The minimum atomic E-state index is 0.252. The Balaban J connectivity index is 1.54. The summed E-state index contributed by atoms with van der Waals surface area (Å²) in [6.45, 7) is 7.75. The third kappa shape index (κ3) is 6.38. The molecule has 0 bridgehead atoms. The number of guanidine groups is 1. The normalized spacial score (nSPS) is 20.6. The summed E-state index contributed by atoms with van der Waals surface area (Å²) < 4.78 is 5.58. The van der Waals surface area contributed by atoms with E-state index < -0.39 is 0 Å². The monoisotopic (exact) mass is 400 g/mol. The summed E-state index contributed by atoms with van der Waals surface area (Å²) in [6.07, 6.45) is 6.80. The van der Waals surface area contributed by atoms with E-state index in [0.29, 0.717) is 19.1 Å². The summed E-state index contributed by atoms with van der Waals surface area (Å²) in [6, 6.07) is 8.33. The van der Waals surface area contributed by atoms with Crippen molar-refractivity contribution < 1.29 is 9.53 Å². The van der Waals surface area contributed by atoms with Gasteiger partial charge in [-0.05, 0) is 50.8 Å². The molecule has 2 aliphatic rings. The van der Waals surface area contributed by atoms with Gasteiger partial charge in [0.15, 0.2) is 5.96 Å². The summed E-state index contributed by atoms with van der Waals surface area (Å²) in [5.74, 6) is 2.31. The van der Waals surface area contributed by atoms with Crippen LogP contribution in [0.5, 0.6) is 5.75 Å². The molecule has 3 rings (SSSR count). The van der Waals surface area contributed by atoms with Gasteiger partial charge in [-0.3, -0.25) is 4.79 Å². The molecule has 0 aromatic heterocycles. The number of carbonyl (C=O) groups excluding carboxylic acids is 1. The van der Waals surface area contributed by atoms with Gasteiger partial charge in [-0.25, -0.2) is 4.99 Å². The van der Waals surface area contributed by atoms with Crippen molar-refractivity contribution in [1.29, 1.82) is 0 Å². The first-order valence-electron chi connectivity index (χ1n) is 11.2. The number of rotatable bonds is 7. The van der Waals surface area contributed by atoms with Crippen molar-refractivity contribution in [1.82, 2.24) is 15.5 Å². The van der Waals surface area contributed by atoms with E-state index in [0.717, 1.165) is 56.2 Å². The fourth-order valence-electron chi connectivity index (χ4n) is 4.27. The second-order valence-electron chi connectivity index (χ2n) is 8.02. The van der Waals surface area contributed by atoms with E-state index in [1.807, 2.05) is 25.1 Å². The molecule has 29 heavy (non-hydrogen) atoms. The molecule has 1 aliphatic carbocycles. The van der Waals surface area contributed by atoms with Crippen LogP contribution < -0.4 is 15.4 Å². The van der Waals surface area contributed by atoms with E-state index in [1.54, 1.807) is 0 Å². The first-order valence-corrected chi connectivity index (χ1v) is 11.2. The largest absolute Gasteiger partial charge is 0.494 e. The molecule has 1 unspecified atom stereocenters. The van der Waals surface area contributed by atoms with Crippen LogP contribution in [0.4, 0.5) is 0 Å². The number of hydrogen-bond acceptors (Lipinski definition) is 3. The van der Waals surface area contributed by atoms with E-state index >= 15 is 0 Å². The Hall–Kier alpha value is -2.24. The molecule has 1 aromatic rings. The van der Waals surface area contributed by atoms with Crippen LogP contribution in [0.15, 0.2) is 29.3 Å². The fraction of sp³-hybridized carbons (Fsp3) is 0.652. The maximum Gasteiger partial charge on any atom is 0.225 e. The Morgan fingerprint density at radius 3 is 2.79 bits per heavy atom. The maximum absolute atomic E-state index is 12.8. The highest BCUT2D eigenvalue weighted by molar-refractivity contribution is 5.81. The summed E-state index contributed by atoms with van der Waals surface area (Å²) in [7, 11) is 0. The van der Waals surface area contributed by atoms with Crippen molar-refractivity contribution in [2.45, 2.75) is 65.0 Å².